The Bertz CT molecular complexity index is 845. The first-order valence-corrected chi connectivity index (χ1v) is 10.1. The second-order valence-electron chi connectivity index (χ2n) is 7.24. The SMILES string of the molecule is O=C(Cc1ccccc1)NCCC(=O)Nc1cccc(C(=O)N2CCCCC2)c1. The maximum Gasteiger partial charge on any atom is 0.253 e. The van der Waals surface area contributed by atoms with Crippen LogP contribution in [0.2, 0.25) is 0 Å². The molecule has 2 aromatic rings. The molecule has 0 bridgehead atoms. The molecule has 2 N–H and O–H groups in total. The van der Waals surface area contributed by atoms with E-state index in [-0.39, 0.29) is 30.7 Å². The zero-order chi connectivity index (χ0) is 20.5. The third kappa shape index (κ3) is 6.45. The fourth-order valence-electron chi connectivity index (χ4n) is 3.39. The fourth-order valence-corrected chi connectivity index (χ4v) is 3.39. The molecule has 152 valence electrons. The second-order valence-corrected chi connectivity index (χ2v) is 7.24. The molecule has 1 heterocycles. The first-order valence-electron chi connectivity index (χ1n) is 10.1. The van der Waals surface area contributed by atoms with Crippen molar-refractivity contribution in [1.29, 1.82) is 0 Å². The highest BCUT2D eigenvalue weighted by Gasteiger charge is 2.18. The molecule has 0 radical (unpaired) electrons. The fraction of sp³-hybridized carbons (Fsp3) is 0.348. The van der Waals surface area contributed by atoms with Crippen molar-refractivity contribution in [2.45, 2.75) is 32.1 Å². The van der Waals surface area contributed by atoms with Gasteiger partial charge in [0.15, 0.2) is 0 Å². The van der Waals surface area contributed by atoms with Crippen LogP contribution in [0, 0.1) is 0 Å². The van der Waals surface area contributed by atoms with Crippen LogP contribution in [0.3, 0.4) is 0 Å². The second kappa shape index (κ2) is 10.4. The summed E-state index contributed by atoms with van der Waals surface area (Å²) in [5.74, 6) is -0.306. The Hall–Kier alpha value is -3.15. The van der Waals surface area contributed by atoms with E-state index in [1.54, 1.807) is 24.3 Å². The molecular weight excluding hydrogens is 366 g/mol. The van der Waals surface area contributed by atoms with E-state index in [2.05, 4.69) is 10.6 Å². The molecule has 1 fully saturated rings. The van der Waals surface area contributed by atoms with Crippen molar-refractivity contribution in [1.82, 2.24) is 10.2 Å². The Morgan fingerprint density at radius 2 is 1.62 bits per heavy atom. The van der Waals surface area contributed by atoms with E-state index in [1.165, 1.54) is 6.42 Å². The Morgan fingerprint density at radius 3 is 2.38 bits per heavy atom. The predicted molar refractivity (Wildman–Crippen MR) is 113 cm³/mol. The van der Waals surface area contributed by atoms with Gasteiger partial charge in [-0.15, -0.1) is 0 Å². The van der Waals surface area contributed by atoms with Crippen molar-refractivity contribution in [3.63, 3.8) is 0 Å². The van der Waals surface area contributed by atoms with Crippen LogP contribution in [0.15, 0.2) is 54.6 Å². The topological polar surface area (TPSA) is 78.5 Å². The normalized spacial score (nSPS) is 13.6. The summed E-state index contributed by atoms with van der Waals surface area (Å²) in [4.78, 5) is 38.6. The summed E-state index contributed by atoms with van der Waals surface area (Å²) in [5, 5.41) is 5.56. The lowest BCUT2D eigenvalue weighted by Gasteiger charge is -2.26. The van der Waals surface area contributed by atoms with E-state index in [0.29, 0.717) is 17.7 Å². The summed E-state index contributed by atoms with van der Waals surface area (Å²) < 4.78 is 0. The number of amides is 3. The zero-order valence-corrected chi connectivity index (χ0v) is 16.5. The summed E-state index contributed by atoms with van der Waals surface area (Å²) in [6, 6.07) is 16.5. The Balaban J connectivity index is 1.44. The minimum atomic E-state index is -0.201. The van der Waals surface area contributed by atoms with Crippen LogP contribution in [0.5, 0.6) is 0 Å². The molecule has 6 heteroatoms. The monoisotopic (exact) mass is 393 g/mol. The van der Waals surface area contributed by atoms with Gasteiger partial charge in [0.05, 0.1) is 6.42 Å². The van der Waals surface area contributed by atoms with E-state index in [1.807, 2.05) is 35.2 Å². The van der Waals surface area contributed by atoms with Crippen molar-refractivity contribution in [3.8, 4) is 0 Å². The molecular formula is C23H27N3O3. The lowest BCUT2D eigenvalue weighted by Crippen LogP contribution is -2.35. The number of likely N-dealkylation sites (tertiary alicyclic amines) is 1. The first-order chi connectivity index (χ1) is 14.1. The van der Waals surface area contributed by atoms with Crippen LogP contribution in [-0.4, -0.2) is 42.3 Å². The van der Waals surface area contributed by atoms with Gasteiger partial charge in [-0.1, -0.05) is 36.4 Å². The van der Waals surface area contributed by atoms with E-state index >= 15 is 0 Å². The number of rotatable bonds is 7. The van der Waals surface area contributed by atoms with Crippen LogP contribution in [-0.2, 0) is 16.0 Å². The van der Waals surface area contributed by atoms with Gasteiger partial charge in [-0.3, -0.25) is 14.4 Å². The van der Waals surface area contributed by atoms with Gasteiger partial charge in [0.1, 0.15) is 0 Å². The molecule has 0 saturated carbocycles. The van der Waals surface area contributed by atoms with E-state index < -0.39 is 0 Å². The number of carbonyl (C=O) groups is 3. The molecule has 0 unspecified atom stereocenters. The van der Waals surface area contributed by atoms with Crippen molar-refractivity contribution in [2.75, 3.05) is 25.0 Å². The van der Waals surface area contributed by atoms with Crippen molar-refractivity contribution >= 4 is 23.4 Å². The number of piperidine rings is 1. The average Bonchev–Trinajstić information content (AvgIpc) is 2.74. The average molecular weight is 393 g/mol. The summed E-state index contributed by atoms with van der Waals surface area (Å²) in [6.45, 7) is 1.85. The molecule has 6 nitrogen and oxygen atoms in total. The highest BCUT2D eigenvalue weighted by Crippen LogP contribution is 2.16. The molecule has 0 spiro atoms. The highest BCUT2D eigenvalue weighted by atomic mass is 16.2. The summed E-state index contributed by atoms with van der Waals surface area (Å²) in [7, 11) is 0. The molecule has 1 saturated heterocycles. The molecule has 1 aliphatic heterocycles. The van der Waals surface area contributed by atoms with E-state index in [4.69, 9.17) is 0 Å². The van der Waals surface area contributed by atoms with Gasteiger partial charge in [0.25, 0.3) is 5.91 Å². The molecule has 3 rings (SSSR count). The standard InChI is InChI=1S/C23H27N3O3/c27-21(12-13-24-22(28)16-18-8-3-1-4-9-18)25-20-11-7-10-19(17-20)23(29)26-14-5-2-6-15-26/h1,3-4,7-11,17H,2,5-6,12-16H2,(H,24,28)(H,25,27). The molecule has 29 heavy (non-hydrogen) atoms. The predicted octanol–water partition coefficient (Wildman–Crippen LogP) is 3.00. The van der Waals surface area contributed by atoms with Gasteiger partial charge in [-0.2, -0.15) is 0 Å². The summed E-state index contributed by atoms with van der Waals surface area (Å²) >= 11 is 0. The van der Waals surface area contributed by atoms with E-state index in [0.717, 1.165) is 31.5 Å². The highest BCUT2D eigenvalue weighted by molar-refractivity contribution is 5.97. The Morgan fingerprint density at radius 1 is 0.862 bits per heavy atom. The third-order valence-corrected chi connectivity index (χ3v) is 4.92. The Labute approximate surface area is 171 Å². The van der Waals surface area contributed by atoms with Crippen molar-refractivity contribution in [3.05, 3.63) is 65.7 Å². The number of nitrogens with one attached hydrogen (secondary N) is 2. The maximum atomic E-state index is 12.6. The van der Waals surface area contributed by atoms with Crippen molar-refractivity contribution < 1.29 is 14.4 Å². The minimum absolute atomic E-state index is 0.00831. The molecule has 2 aromatic carbocycles. The van der Waals surface area contributed by atoms with Crippen LogP contribution in [0.4, 0.5) is 5.69 Å². The van der Waals surface area contributed by atoms with Crippen LogP contribution in [0.25, 0.3) is 0 Å². The summed E-state index contributed by atoms with van der Waals surface area (Å²) in [5.41, 5.74) is 2.11. The van der Waals surface area contributed by atoms with Crippen molar-refractivity contribution in [2.24, 2.45) is 0 Å². The molecule has 3 amide bonds. The van der Waals surface area contributed by atoms with Gasteiger partial charge in [-0.25, -0.2) is 0 Å². The van der Waals surface area contributed by atoms with Gasteiger partial charge in [-0.05, 0) is 43.0 Å². The summed E-state index contributed by atoms with van der Waals surface area (Å²) in [6.07, 6.45) is 3.71. The largest absolute Gasteiger partial charge is 0.355 e. The van der Waals surface area contributed by atoms with Crippen LogP contribution < -0.4 is 10.6 Å². The lowest BCUT2D eigenvalue weighted by molar-refractivity contribution is -0.120. The van der Waals surface area contributed by atoms with Crippen LogP contribution in [0.1, 0.15) is 41.6 Å². The minimum Gasteiger partial charge on any atom is -0.355 e. The molecule has 0 atom stereocenters. The third-order valence-electron chi connectivity index (χ3n) is 4.92. The Kier molecular flexibility index (Phi) is 7.39. The number of carbonyl (C=O) groups excluding carboxylic acids is 3. The molecule has 0 aromatic heterocycles. The van der Waals surface area contributed by atoms with Crippen LogP contribution >= 0.6 is 0 Å². The maximum absolute atomic E-state index is 12.6. The number of nitrogens with zero attached hydrogens (tertiary/aromatic N) is 1. The molecule has 0 aliphatic carbocycles. The lowest BCUT2D eigenvalue weighted by atomic mass is 10.1. The first kappa shape index (κ1) is 20.6. The van der Waals surface area contributed by atoms with Gasteiger partial charge < -0.3 is 15.5 Å². The number of benzene rings is 2. The molecule has 1 aliphatic rings. The number of anilines is 1. The zero-order valence-electron chi connectivity index (χ0n) is 16.5. The quantitative estimate of drug-likeness (QED) is 0.759. The van der Waals surface area contributed by atoms with Gasteiger partial charge in [0, 0.05) is 37.3 Å². The van der Waals surface area contributed by atoms with Gasteiger partial charge in [0.2, 0.25) is 11.8 Å². The number of hydrogen-bond acceptors (Lipinski definition) is 3. The number of hydrogen-bond donors (Lipinski definition) is 2. The smallest absolute Gasteiger partial charge is 0.253 e. The van der Waals surface area contributed by atoms with Gasteiger partial charge >= 0.3 is 0 Å². The van der Waals surface area contributed by atoms with E-state index in [9.17, 15) is 14.4 Å².